The lowest BCUT2D eigenvalue weighted by molar-refractivity contribution is -0.138. The summed E-state index contributed by atoms with van der Waals surface area (Å²) in [5, 5.41) is 11.6. The lowest BCUT2D eigenvalue weighted by Crippen LogP contribution is -2.30. The highest BCUT2D eigenvalue weighted by atomic mass is 32.2. The molecule has 4 nitrogen and oxygen atoms in total. The van der Waals surface area contributed by atoms with E-state index in [0.29, 0.717) is 12.1 Å². The number of carboxylic acids is 1. The summed E-state index contributed by atoms with van der Waals surface area (Å²) < 4.78 is 0. The van der Waals surface area contributed by atoms with Crippen molar-refractivity contribution in [3.05, 3.63) is 35.4 Å². The van der Waals surface area contributed by atoms with Gasteiger partial charge in [0.1, 0.15) is 0 Å². The highest BCUT2D eigenvalue weighted by Crippen LogP contribution is 2.11. The van der Waals surface area contributed by atoms with Gasteiger partial charge >= 0.3 is 5.97 Å². The molecule has 0 fully saturated rings. The third-order valence-corrected chi connectivity index (χ3v) is 3.74. The lowest BCUT2D eigenvalue weighted by Gasteiger charge is -2.13. The van der Waals surface area contributed by atoms with E-state index in [4.69, 9.17) is 5.11 Å². The molecule has 0 aliphatic carbocycles. The van der Waals surface area contributed by atoms with Crippen LogP contribution >= 0.6 is 11.8 Å². The number of aliphatic carboxylic acids is 1. The molecule has 1 aromatic carbocycles. The van der Waals surface area contributed by atoms with Crippen molar-refractivity contribution < 1.29 is 14.7 Å². The second-order valence-electron chi connectivity index (χ2n) is 4.71. The zero-order valence-corrected chi connectivity index (χ0v) is 12.7. The Morgan fingerprint density at radius 1 is 1.30 bits per heavy atom. The quantitative estimate of drug-likeness (QED) is 0.774. The SMILES string of the molecule is CCC(CNC(=O)c1ccc(CSC)cc1)CC(=O)O. The summed E-state index contributed by atoms with van der Waals surface area (Å²) in [5.41, 5.74) is 1.80. The van der Waals surface area contributed by atoms with Crippen LogP contribution in [0.5, 0.6) is 0 Å². The van der Waals surface area contributed by atoms with Gasteiger partial charge in [-0.3, -0.25) is 9.59 Å². The fourth-order valence-electron chi connectivity index (χ4n) is 1.87. The number of amides is 1. The fraction of sp³-hybridized carbons (Fsp3) is 0.467. The molecule has 20 heavy (non-hydrogen) atoms. The molecule has 0 heterocycles. The molecule has 0 radical (unpaired) electrons. The van der Waals surface area contributed by atoms with Gasteiger partial charge in [0.25, 0.3) is 5.91 Å². The van der Waals surface area contributed by atoms with Crippen molar-refractivity contribution in [1.29, 1.82) is 0 Å². The Hall–Kier alpha value is -1.49. The highest BCUT2D eigenvalue weighted by Gasteiger charge is 2.13. The third kappa shape index (κ3) is 5.65. The molecule has 0 bridgehead atoms. The molecule has 110 valence electrons. The van der Waals surface area contributed by atoms with Crippen molar-refractivity contribution in [3.63, 3.8) is 0 Å². The minimum Gasteiger partial charge on any atom is -0.481 e. The zero-order valence-electron chi connectivity index (χ0n) is 11.9. The van der Waals surface area contributed by atoms with E-state index >= 15 is 0 Å². The summed E-state index contributed by atoms with van der Waals surface area (Å²) in [5.74, 6) is -0.0671. The molecule has 0 aliphatic rings. The second kappa shape index (κ2) is 8.64. The van der Waals surface area contributed by atoms with Crippen LogP contribution in [0.1, 0.15) is 35.7 Å². The molecule has 0 spiro atoms. The van der Waals surface area contributed by atoms with Crippen LogP contribution < -0.4 is 5.32 Å². The molecule has 1 aromatic rings. The van der Waals surface area contributed by atoms with Crippen LogP contribution in [0, 0.1) is 5.92 Å². The smallest absolute Gasteiger partial charge is 0.303 e. The van der Waals surface area contributed by atoms with Crippen molar-refractivity contribution >= 4 is 23.6 Å². The van der Waals surface area contributed by atoms with Crippen molar-refractivity contribution in [3.8, 4) is 0 Å². The molecule has 0 saturated heterocycles. The van der Waals surface area contributed by atoms with E-state index in [1.165, 1.54) is 5.56 Å². The molecule has 5 heteroatoms. The predicted molar refractivity (Wildman–Crippen MR) is 82.0 cm³/mol. The van der Waals surface area contributed by atoms with E-state index in [1.54, 1.807) is 23.9 Å². The van der Waals surface area contributed by atoms with Gasteiger partial charge in [-0.05, 0) is 29.9 Å². The number of carbonyl (C=O) groups excluding carboxylic acids is 1. The van der Waals surface area contributed by atoms with E-state index in [9.17, 15) is 9.59 Å². The normalized spacial score (nSPS) is 11.9. The maximum atomic E-state index is 12.0. The first-order valence-corrected chi connectivity index (χ1v) is 8.04. The van der Waals surface area contributed by atoms with Crippen LogP contribution in [0.3, 0.4) is 0 Å². The maximum absolute atomic E-state index is 12.0. The lowest BCUT2D eigenvalue weighted by atomic mass is 10.0. The summed E-state index contributed by atoms with van der Waals surface area (Å²) in [7, 11) is 0. The minimum absolute atomic E-state index is 0.0211. The Kier molecular flexibility index (Phi) is 7.15. The second-order valence-corrected chi connectivity index (χ2v) is 5.58. The molecule has 1 atom stereocenters. The number of benzene rings is 1. The topological polar surface area (TPSA) is 66.4 Å². The summed E-state index contributed by atoms with van der Waals surface area (Å²) >= 11 is 1.74. The Morgan fingerprint density at radius 2 is 1.95 bits per heavy atom. The van der Waals surface area contributed by atoms with E-state index in [1.807, 2.05) is 25.3 Å². The summed E-state index contributed by atoms with van der Waals surface area (Å²) in [4.78, 5) is 22.6. The largest absolute Gasteiger partial charge is 0.481 e. The number of hydrogen-bond acceptors (Lipinski definition) is 3. The molecule has 0 aliphatic heterocycles. The molecule has 1 amide bonds. The molecule has 1 rings (SSSR count). The number of hydrogen-bond donors (Lipinski definition) is 2. The Bertz CT molecular complexity index is 445. The zero-order chi connectivity index (χ0) is 15.0. The van der Waals surface area contributed by atoms with Crippen molar-refractivity contribution in [1.82, 2.24) is 5.32 Å². The van der Waals surface area contributed by atoms with Crippen LogP contribution in [0.2, 0.25) is 0 Å². The van der Waals surface area contributed by atoms with Gasteiger partial charge in [-0.2, -0.15) is 11.8 Å². The number of thioether (sulfide) groups is 1. The summed E-state index contributed by atoms with van der Waals surface area (Å²) in [6.07, 6.45) is 2.86. The monoisotopic (exact) mass is 295 g/mol. The number of carboxylic acid groups (broad SMARTS) is 1. The van der Waals surface area contributed by atoms with Crippen LogP contribution in [-0.2, 0) is 10.5 Å². The number of rotatable bonds is 8. The number of nitrogens with one attached hydrogen (secondary N) is 1. The van der Waals surface area contributed by atoms with Gasteiger partial charge in [0, 0.05) is 24.3 Å². The standard InChI is InChI=1S/C15H21NO3S/c1-3-11(8-14(17)18)9-16-15(19)13-6-4-12(5-7-13)10-20-2/h4-7,11H,3,8-10H2,1-2H3,(H,16,19)(H,17,18). The first kappa shape index (κ1) is 16.6. The van der Waals surface area contributed by atoms with E-state index < -0.39 is 5.97 Å². The maximum Gasteiger partial charge on any atom is 0.303 e. The summed E-state index contributed by atoms with van der Waals surface area (Å²) in [6.45, 7) is 2.32. The third-order valence-electron chi connectivity index (χ3n) is 3.12. The molecule has 0 saturated carbocycles. The van der Waals surface area contributed by atoms with Gasteiger partial charge < -0.3 is 10.4 Å². The molecule has 1 unspecified atom stereocenters. The fourth-order valence-corrected chi connectivity index (χ4v) is 2.39. The van der Waals surface area contributed by atoms with Crippen LogP contribution in [0.25, 0.3) is 0 Å². The first-order valence-electron chi connectivity index (χ1n) is 6.64. The highest BCUT2D eigenvalue weighted by molar-refractivity contribution is 7.97. The number of carbonyl (C=O) groups is 2. The molecule has 2 N–H and O–H groups in total. The van der Waals surface area contributed by atoms with Crippen LogP contribution in [-0.4, -0.2) is 29.8 Å². The van der Waals surface area contributed by atoms with E-state index in [0.717, 1.165) is 12.2 Å². The van der Waals surface area contributed by atoms with Crippen molar-refractivity contribution in [2.75, 3.05) is 12.8 Å². The van der Waals surface area contributed by atoms with Gasteiger partial charge in [0.15, 0.2) is 0 Å². The molecule has 0 aromatic heterocycles. The van der Waals surface area contributed by atoms with Gasteiger partial charge in [-0.15, -0.1) is 0 Å². The van der Waals surface area contributed by atoms with Crippen LogP contribution in [0.4, 0.5) is 0 Å². The van der Waals surface area contributed by atoms with Crippen molar-refractivity contribution in [2.45, 2.75) is 25.5 Å². The average molecular weight is 295 g/mol. The van der Waals surface area contributed by atoms with Gasteiger partial charge in [0.2, 0.25) is 0 Å². The van der Waals surface area contributed by atoms with Gasteiger partial charge in [-0.1, -0.05) is 25.5 Å². The van der Waals surface area contributed by atoms with Crippen molar-refractivity contribution in [2.24, 2.45) is 5.92 Å². The van der Waals surface area contributed by atoms with E-state index in [2.05, 4.69) is 5.32 Å². The average Bonchev–Trinajstić information content (AvgIpc) is 2.44. The van der Waals surface area contributed by atoms with E-state index in [-0.39, 0.29) is 18.2 Å². The Balaban J connectivity index is 2.51. The summed E-state index contributed by atoms with van der Waals surface area (Å²) in [6, 6.07) is 7.50. The first-order chi connectivity index (χ1) is 9.56. The minimum atomic E-state index is -0.826. The Labute approximate surface area is 124 Å². The van der Waals surface area contributed by atoms with Gasteiger partial charge in [0.05, 0.1) is 0 Å². The molecular weight excluding hydrogens is 274 g/mol. The predicted octanol–water partition coefficient (Wildman–Crippen LogP) is 2.78. The van der Waals surface area contributed by atoms with Crippen LogP contribution in [0.15, 0.2) is 24.3 Å². The van der Waals surface area contributed by atoms with Gasteiger partial charge in [-0.25, -0.2) is 0 Å². The molecular formula is C15H21NO3S. The Morgan fingerprint density at radius 3 is 2.45 bits per heavy atom.